The molecule has 2 saturated heterocycles. The van der Waals surface area contributed by atoms with Gasteiger partial charge in [-0.15, -0.1) is 0 Å². The maximum absolute atomic E-state index is 12.1. The summed E-state index contributed by atoms with van der Waals surface area (Å²) in [6, 6.07) is 8.61. The van der Waals surface area contributed by atoms with E-state index >= 15 is 0 Å². The molecule has 8 nitrogen and oxygen atoms in total. The van der Waals surface area contributed by atoms with Crippen molar-refractivity contribution < 1.29 is 14.3 Å². The van der Waals surface area contributed by atoms with Crippen LogP contribution in [0, 0.1) is 0 Å². The highest BCUT2D eigenvalue weighted by atomic mass is 16.6. The van der Waals surface area contributed by atoms with Crippen molar-refractivity contribution in [2.75, 3.05) is 46.4 Å². The molecule has 1 unspecified atom stereocenters. The molecule has 1 aromatic carbocycles. The normalized spacial score (nSPS) is 20.6. The van der Waals surface area contributed by atoms with Crippen molar-refractivity contribution in [1.82, 2.24) is 20.4 Å². The molecule has 2 heterocycles. The smallest absolute Gasteiger partial charge is 0.407 e. The number of hydrogen-bond acceptors (Lipinski definition) is 5. The fraction of sp³-hybridized carbons (Fsp3) is 0.652. The van der Waals surface area contributed by atoms with Crippen molar-refractivity contribution in [2.45, 2.75) is 51.9 Å². The SMILES string of the molecule is CN=C(NCc1ccccc1CN1CCOCC1)N1CCC(NC(=O)OC(C)(C)C)C1. The van der Waals surface area contributed by atoms with Gasteiger partial charge in [-0.25, -0.2) is 4.79 Å². The molecule has 1 aromatic rings. The number of rotatable bonds is 5. The first-order chi connectivity index (χ1) is 14.8. The summed E-state index contributed by atoms with van der Waals surface area (Å²) < 4.78 is 10.8. The minimum Gasteiger partial charge on any atom is -0.444 e. The Kier molecular flexibility index (Phi) is 8.15. The van der Waals surface area contributed by atoms with Gasteiger partial charge >= 0.3 is 6.09 Å². The first-order valence-electron chi connectivity index (χ1n) is 11.2. The summed E-state index contributed by atoms with van der Waals surface area (Å²) in [5, 5.41) is 6.48. The zero-order chi connectivity index (χ0) is 22.3. The van der Waals surface area contributed by atoms with Gasteiger partial charge < -0.3 is 25.0 Å². The lowest BCUT2D eigenvalue weighted by molar-refractivity contribution is 0.0340. The second-order valence-corrected chi connectivity index (χ2v) is 9.14. The topological polar surface area (TPSA) is 78.4 Å². The maximum atomic E-state index is 12.1. The standard InChI is InChI=1S/C23H37N5O3/c1-23(2,3)31-22(29)26-20-9-10-28(17-20)21(24-4)25-15-18-7-5-6-8-19(18)16-27-11-13-30-14-12-27/h5-8,20H,9-17H2,1-4H3,(H,24,25)(H,26,29). The zero-order valence-electron chi connectivity index (χ0n) is 19.3. The third-order valence-corrected chi connectivity index (χ3v) is 5.47. The number of morpholine rings is 1. The molecule has 31 heavy (non-hydrogen) atoms. The summed E-state index contributed by atoms with van der Waals surface area (Å²) in [7, 11) is 1.80. The molecule has 0 aliphatic carbocycles. The maximum Gasteiger partial charge on any atom is 0.407 e. The van der Waals surface area contributed by atoms with Gasteiger partial charge in [-0.1, -0.05) is 24.3 Å². The lowest BCUT2D eigenvalue weighted by atomic mass is 10.1. The van der Waals surface area contributed by atoms with Gasteiger partial charge in [0.05, 0.1) is 19.3 Å². The number of ether oxygens (including phenoxy) is 2. The summed E-state index contributed by atoms with van der Waals surface area (Å²) >= 11 is 0. The average Bonchev–Trinajstić information content (AvgIpc) is 3.17. The number of amides is 1. The van der Waals surface area contributed by atoms with Gasteiger partial charge in [-0.2, -0.15) is 0 Å². The van der Waals surface area contributed by atoms with Crippen LogP contribution in [0.5, 0.6) is 0 Å². The van der Waals surface area contributed by atoms with Gasteiger partial charge in [0.2, 0.25) is 0 Å². The van der Waals surface area contributed by atoms with E-state index in [0.717, 1.165) is 51.8 Å². The van der Waals surface area contributed by atoms with Gasteiger partial charge in [0.1, 0.15) is 5.60 Å². The molecule has 0 saturated carbocycles. The van der Waals surface area contributed by atoms with E-state index in [2.05, 4.69) is 49.7 Å². The monoisotopic (exact) mass is 431 g/mol. The molecule has 8 heteroatoms. The number of hydrogen-bond donors (Lipinski definition) is 2. The van der Waals surface area contributed by atoms with Crippen LogP contribution in [0.2, 0.25) is 0 Å². The minimum absolute atomic E-state index is 0.0574. The number of likely N-dealkylation sites (tertiary alicyclic amines) is 1. The van der Waals surface area contributed by atoms with Gasteiger partial charge in [0.15, 0.2) is 5.96 Å². The molecule has 0 aromatic heterocycles. The number of alkyl carbamates (subject to hydrolysis) is 1. The van der Waals surface area contributed by atoms with Crippen molar-refractivity contribution in [3.8, 4) is 0 Å². The molecule has 0 radical (unpaired) electrons. The zero-order valence-corrected chi connectivity index (χ0v) is 19.3. The first kappa shape index (κ1) is 23.3. The fourth-order valence-corrected chi connectivity index (χ4v) is 3.94. The Labute approximate surface area is 186 Å². The molecule has 0 bridgehead atoms. The number of benzene rings is 1. The van der Waals surface area contributed by atoms with E-state index in [0.29, 0.717) is 13.1 Å². The number of carbonyl (C=O) groups excluding carboxylic acids is 1. The lowest BCUT2D eigenvalue weighted by Gasteiger charge is -2.28. The van der Waals surface area contributed by atoms with Crippen molar-refractivity contribution in [1.29, 1.82) is 0 Å². The summed E-state index contributed by atoms with van der Waals surface area (Å²) in [4.78, 5) is 21.1. The Morgan fingerprint density at radius 1 is 1.19 bits per heavy atom. The molecule has 2 aliphatic heterocycles. The Bertz CT molecular complexity index is 756. The van der Waals surface area contributed by atoms with Crippen molar-refractivity contribution >= 4 is 12.1 Å². The van der Waals surface area contributed by atoms with Crippen LogP contribution in [0.3, 0.4) is 0 Å². The van der Waals surface area contributed by atoms with Gasteiger partial charge in [-0.3, -0.25) is 9.89 Å². The third-order valence-electron chi connectivity index (χ3n) is 5.47. The van der Waals surface area contributed by atoms with Crippen LogP contribution >= 0.6 is 0 Å². The van der Waals surface area contributed by atoms with E-state index in [1.807, 2.05) is 20.8 Å². The van der Waals surface area contributed by atoms with E-state index in [4.69, 9.17) is 9.47 Å². The highest BCUT2D eigenvalue weighted by Gasteiger charge is 2.28. The minimum atomic E-state index is -0.491. The van der Waals surface area contributed by atoms with Crippen molar-refractivity contribution in [3.63, 3.8) is 0 Å². The molecule has 1 atom stereocenters. The highest BCUT2D eigenvalue weighted by molar-refractivity contribution is 5.80. The molecular formula is C23H37N5O3. The predicted octanol–water partition coefficient (Wildman–Crippen LogP) is 2.19. The number of nitrogens with one attached hydrogen (secondary N) is 2. The van der Waals surface area contributed by atoms with E-state index in [9.17, 15) is 4.79 Å². The van der Waals surface area contributed by atoms with Gasteiger partial charge in [-0.05, 0) is 38.3 Å². The van der Waals surface area contributed by atoms with Crippen LogP contribution in [0.15, 0.2) is 29.3 Å². The largest absolute Gasteiger partial charge is 0.444 e. The van der Waals surface area contributed by atoms with Crippen LogP contribution < -0.4 is 10.6 Å². The van der Waals surface area contributed by atoms with Crippen LogP contribution in [0.1, 0.15) is 38.3 Å². The Morgan fingerprint density at radius 3 is 2.58 bits per heavy atom. The second-order valence-electron chi connectivity index (χ2n) is 9.14. The van der Waals surface area contributed by atoms with Crippen molar-refractivity contribution in [2.24, 2.45) is 4.99 Å². The Morgan fingerprint density at radius 2 is 1.90 bits per heavy atom. The van der Waals surface area contributed by atoms with E-state index < -0.39 is 5.60 Å². The van der Waals surface area contributed by atoms with Gasteiger partial charge in [0.25, 0.3) is 0 Å². The Balaban J connectivity index is 1.51. The number of carbonyl (C=O) groups is 1. The van der Waals surface area contributed by atoms with E-state index in [1.165, 1.54) is 11.1 Å². The molecule has 0 spiro atoms. The van der Waals surface area contributed by atoms with E-state index in [-0.39, 0.29) is 12.1 Å². The summed E-state index contributed by atoms with van der Waals surface area (Å²) in [5.74, 6) is 0.856. The van der Waals surface area contributed by atoms with Crippen LogP contribution in [0.4, 0.5) is 4.79 Å². The first-order valence-corrected chi connectivity index (χ1v) is 11.2. The highest BCUT2D eigenvalue weighted by Crippen LogP contribution is 2.15. The van der Waals surface area contributed by atoms with E-state index in [1.54, 1.807) is 7.05 Å². The van der Waals surface area contributed by atoms with Crippen LogP contribution in [-0.2, 0) is 22.6 Å². The van der Waals surface area contributed by atoms with Crippen LogP contribution in [0.25, 0.3) is 0 Å². The molecule has 2 N–H and O–H groups in total. The van der Waals surface area contributed by atoms with Crippen molar-refractivity contribution in [3.05, 3.63) is 35.4 Å². The van der Waals surface area contributed by atoms with Crippen LogP contribution in [-0.4, -0.2) is 79.9 Å². The molecule has 2 aliphatic rings. The summed E-state index contributed by atoms with van der Waals surface area (Å²) in [6.07, 6.45) is 0.507. The summed E-state index contributed by atoms with van der Waals surface area (Å²) in [5.41, 5.74) is 2.12. The number of nitrogens with zero attached hydrogens (tertiary/aromatic N) is 3. The Hall–Kier alpha value is -2.32. The molecule has 1 amide bonds. The van der Waals surface area contributed by atoms with Gasteiger partial charge in [0, 0.05) is 46.3 Å². The fourth-order valence-electron chi connectivity index (χ4n) is 3.94. The lowest BCUT2D eigenvalue weighted by Crippen LogP contribution is -2.44. The molecular weight excluding hydrogens is 394 g/mol. The quantitative estimate of drug-likeness (QED) is 0.550. The number of guanidine groups is 1. The average molecular weight is 432 g/mol. The second kappa shape index (κ2) is 10.8. The molecule has 2 fully saturated rings. The number of aliphatic imine (C=N–C) groups is 1. The third kappa shape index (κ3) is 7.40. The predicted molar refractivity (Wildman–Crippen MR) is 122 cm³/mol. The summed E-state index contributed by atoms with van der Waals surface area (Å²) in [6.45, 7) is 12.4. The molecule has 3 rings (SSSR count). The molecule has 172 valence electrons.